The van der Waals surface area contributed by atoms with E-state index in [4.69, 9.17) is 0 Å². The summed E-state index contributed by atoms with van der Waals surface area (Å²) in [5, 5.41) is 20.2. The van der Waals surface area contributed by atoms with Gasteiger partial charge in [0.15, 0.2) is 0 Å². The second-order valence-electron chi connectivity index (χ2n) is 4.27. The number of aromatic nitrogens is 3. The van der Waals surface area contributed by atoms with Gasteiger partial charge >= 0.3 is 5.69 Å². The van der Waals surface area contributed by atoms with Gasteiger partial charge in [0.2, 0.25) is 5.69 Å². The van der Waals surface area contributed by atoms with Crippen molar-refractivity contribution in [2.45, 2.75) is 26.8 Å². The van der Waals surface area contributed by atoms with Gasteiger partial charge in [-0.05, 0) is 20.8 Å². The third-order valence-corrected chi connectivity index (χ3v) is 3.98. The maximum absolute atomic E-state index is 12.0. The minimum atomic E-state index is -0.648. The lowest BCUT2D eigenvalue weighted by molar-refractivity contribution is -0.385. The largest absolute Gasteiger partial charge is 0.343 e. The van der Waals surface area contributed by atoms with Crippen molar-refractivity contribution in [2.75, 3.05) is 0 Å². The second kappa shape index (κ2) is 5.37. The van der Waals surface area contributed by atoms with Crippen LogP contribution in [0.25, 0.3) is 0 Å². The molecule has 0 spiro atoms. The van der Waals surface area contributed by atoms with E-state index in [1.165, 1.54) is 11.3 Å². The summed E-state index contributed by atoms with van der Waals surface area (Å²) >= 11 is 1.49. The predicted molar refractivity (Wildman–Crippen MR) is 72.7 cm³/mol. The van der Waals surface area contributed by atoms with E-state index in [1.807, 2.05) is 13.8 Å². The molecule has 2 N–H and O–H groups in total. The van der Waals surface area contributed by atoms with Crippen LogP contribution in [0.3, 0.4) is 0 Å². The third kappa shape index (κ3) is 2.67. The SMILES string of the molecule is Cc1nc(C)c([C@H](C)NC(=O)c2[nH]ncc2[N+](=O)[O-])s1. The highest BCUT2D eigenvalue weighted by Crippen LogP contribution is 2.25. The fraction of sp³-hybridized carbons (Fsp3) is 0.364. The number of aromatic amines is 1. The molecule has 2 heterocycles. The van der Waals surface area contributed by atoms with Gasteiger partial charge < -0.3 is 5.32 Å². The van der Waals surface area contributed by atoms with Gasteiger partial charge in [0, 0.05) is 4.88 Å². The first-order chi connectivity index (χ1) is 9.40. The Balaban J connectivity index is 2.17. The highest BCUT2D eigenvalue weighted by Gasteiger charge is 2.25. The Morgan fingerprint density at radius 3 is 2.80 bits per heavy atom. The molecule has 0 fully saturated rings. The van der Waals surface area contributed by atoms with Crippen LogP contribution in [0, 0.1) is 24.0 Å². The number of H-pyrrole nitrogens is 1. The van der Waals surface area contributed by atoms with Crippen molar-refractivity contribution in [3.63, 3.8) is 0 Å². The van der Waals surface area contributed by atoms with E-state index in [9.17, 15) is 14.9 Å². The van der Waals surface area contributed by atoms with Crippen LogP contribution in [0.15, 0.2) is 6.20 Å². The summed E-state index contributed by atoms with van der Waals surface area (Å²) in [4.78, 5) is 27.4. The first-order valence-corrected chi connectivity index (χ1v) is 6.64. The molecule has 2 rings (SSSR count). The van der Waals surface area contributed by atoms with Crippen LogP contribution in [0.5, 0.6) is 0 Å². The average molecular weight is 295 g/mol. The van der Waals surface area contributed by atoms with Crippen LogP contribution < -0.4 is 5.32 Å². The third-order valence-electron chi connectivity index (χ3n) is 2.72. The van der Waals surface area contributed by atoms with E-state index in [2.05, 4.69) is 20.5 Å². The Bertz CT molecular complexity index is 663. The van der Waals surface area contributed by atoms with Crippen LogP contribution in [0.1, 0.15) is 39.0 Å². The molecule has 0 aliphatic rings. The molecule has 0 saturated heterocycles. The lowest BCUT2D eigenvalue weighted by Crippen LogP contribution is -2.27. The zero-order valence-electron chi connectivity index (χ0n) is 11.1. The summed E-state index contributed by atoms with van der Waals surface area (Å²) < 4.78 is 0. The number of nitrogens with zero attached hydrogens (tertiary/aromatic N) is 3. The van der Waals surface area contributed by atoms with Gasteiger partial charge in [-0.1, -0.05) is 0 Å². The summed E-state index contributed by atoms with van der Waals surface area (Å²) in [6.45, 7) is 5.55. The van der Waals surface area contributed by atoms with E-state index in [1.54, 1.807) is 6.92 Å². The van der Waals surface area contributed by atoms with E-state index in [-0.39, 0.29) is 17.4 Å². The normalized spacial score (nSPS) is 12.2. The van der Waals surface area contributed by atoms with Crippen molar-refractivity contribution in [2.24, 2.45) is 0 Å². The van der Waals surface area contributed by atoms with E-state index < -0.39 is 10.8 Å². The molecule has 0 unspecified atom stereocenters. The Labute approximate surface area is 118 Å². The Morgan fingerprint density at radius 2 is 2.25 bits per heavy atom. The molecule has 1 atom stereocenters. The van der Waals surface area contributed by atoms with Gasteiger partial charge in [-0.25, -0.2) is 4.98 Å². The average Bonchev–Trinajstić information content (AvgIpc) is 2.95. The molecule has 0 bridgehead atoms. The highest BCUT2D eigenvalue weighted by molar-refractivity contribution is 7.11. The summed E-state index contributed by atoms with van der Waals surface area (Å²) in [6.07, 6.45) is 1.02. The lowest BCUT2D eigenvalue weighted by atomic mass is 10.2. The molecule has 1 amide bonds. The zero-order chi connectivity index (χ0) is 14.9. The summed E-state index contributed by atoms with van der Waals surface area (Å²) in [7, 11) is 0. The number of nitro groups is 1. The number of carbonyl (C=O) groups excluding carboxylic acids is 1. The predicted octanol–water partition coefficient (Wildman–Crippen LogP) is 1.88. The van der Waals surface area contributed by atoms with Gasteiger partial charge in [0.25, 0.3) is 5.91 Å². The number of amides is 1. The molecular formula is C11H13N5O3S. The molecule has 0 aliphatic heterocycles. The van der Waals surface area contributed by atoms with Crippen LogP contribution in [0.4, 0.5) is 5.69 Å². The van der Waals surface area contributed by atoms with E-state index >= 15 is 0 Å². The Hall–Kier alpha value is -2.29. The molecule has 106 valence electrons. The summed E-state index contributed by atoms with van der Waals surface area (Å²) in [6, 6.07) is -0.281. The number of nitrogens with one attached hydrogen (secondary N) is 2. The number of rotatable bonds is 4. The highest BCUT2D eigenvalue weighted by atomic mass is 32.1. The van der Waals surface area contributed by atoms with E-state index in [0.717, 1.165) is 21.8 Å². The zero-order valence-corrected chi connectivity index (χ0v) is 11.9. The van der Waals surface area contributed by atoms with Gasteiger partial charge in [-0.15, -0.1) is 11.3 Å². The number of hydrogen-bond acceptors (Lipinski definition) is 6. The van der Waals surface area contributed by atoms with Crippen molar-refractivity contribution in [3.8, 4) is 0 Å². The standard InChI is InChI=1S/C11H13N5O3S/c1-5-10(20-7(3)13-5)6(2)14-11(17)9-8(16(18)19)4-12-15-9/h4,6H,1-3H3,(H,12,15)(H,14,17)/t6-/m0/s1. The lowest BCUT2D eigenvalue weighted by Gasteiger charge is -2.11. The monoisotopic (exact) mass is 295 g/mol. The fourth-order valence-corrected chi connectivity index (χ4v) is 2.80. The van der Waals surface area contributed by atoms with Crippen molar-refractivity contribution in [3.05, 3.63) is 37.6 Å². The second-order valence-corrected chi connectivity index (χ2v) is 5.50. The molecule has 0 aliphatic carbocycles. The molecule has 20 heavy (non-hydrogen) atoms. The van der Waals surface area contributed by atoms with Gasteiger partial charge in [0.05, 0.1) is 21.7 Å². The molecule has 0 aromatic carbocycles. The number of thiazole rings is 1. The van der Waals surface area contributed by atoms with Gasteiger partial charge in [-0.2, -0.15) is 5.10 Å². The number of hydrogen-bond donors (Lipinski definition) is 2. The number of carbonyl (C=O) groups is 1. The number of aryl methyl sites for hydroxylation is 2. The van der Waals surface area contributed by atoms with Gasteiger partial charge in [0.1, 0.15) is 6.20 Å². The Morgan fingerprint density at radius 1 is 1.55 bits per heavy atom. The minimum absolute atomic E-state index is 0.152. The Kier molecular flexibility index (Phi) is 3.79. The van der Waals surface area contributed by atoms with Crippen LogP contribution in [-0.2, 0) is 0 Å². The minimum Gasteiger partial charge on any atom is -0.343 e. The first kappa shape index (κ1) is 14.1. The summed E-state index contributed by atoms with van der Waals surface area (Å²) in [5.74, 6) is -0.563. The molecule has 8 nitrogen and oxygen atoms in total. The summed E-state index contributed by atoms with van der Waals surface area (Å²) in [5.41, 5.74) is 0.354. The molecule has 9 heteroatoms. The molecule has 2 aromatic heterocycles. The van der Waals surface area contributed by atoms with Gasteiger partial charge in [-0.3, -0.25) is 20.0 Å². The van der Waals surface area contributed by atoms with Crippen molar-refractivity contribution < 1.29 is 9.72 Å². The van der Waals surface area contributed by atoms with Crippen molar-refractivity contribution in [1.82, 2.24) is 20.5 Å². The maximum Gasteiger partial charge on any atom is 0.319 e. The maximum atomic E-state index is 12.0. The molecular weight excluding hydrogens is 282 g/mol. The van der Waals surface area contributed by atoms with Crippen LogP contribution in [-0.4, -0.2) is 26.0 Å². The van der Waals surface area contributed by atoms with Crippen molar-refractivity contribution >= 4 is 22.9 Å². The van der Waals surface area contributed by atoms with Crippen LogP contribution in [0.2, 0.25) is 0 Å². The smallest absolute Gasteiger partial charge is 0.319 e. The van der Waals surface area contributed by atoms with Crippen LogP contribution >= 0.6 is 11.3 Å². The molecule has 0 saturated carbocycles. The topological polar surface area (TPSA) is 114 Å². The molecule has 0 radical (unpaired) electrons. The molecule has 2 aromatic rings. The fourth-order valence-electron chi connectivity index (χ4n) is 1.87. The first-order valence-electron chi connectivity index (χ1n) is 5.82. The van der Waals surface area contributed by atoms with Crippen molar-refractivity contribution in [1.29, 1.82) is 0 Å². The van der Waals surface area contributed by atoms with E-state index in [0.29, 0.717) is 0 Å². The quantitative estimate of drug-likeness (QED) is 0.660.